The molecule has 0 aromatic heterocycles. The van der Waals surface area contributed by atoms with Gasteiger partial charge in [0.05, 0.1) is 0 Å². The number of carbonyl (C=O) groups excluding carboxylic acids is 1. The van der Waals surface area contributed by atoms with Crippen LogP contribution in [-0.2, 0) is 6.42 Å². The molecule has 0 fully saturated rings. The number of halogens is 1. The summed E-state index contributed by atoms with van der Waals surface area (Å²) in [7, 11) is 0. The van der Waals surface area contributed by atoms with E-state index >= 15 is 0 Å². The van der Waals surface area contributed by atoms with Gasteiger partial charge in [-0.15, -0.1) is 24.0 Å². The zero-order valence-corrected chi connectivity index (χ0v) is 18.1. The zero-order valence-electron chi connectivity index (χ0n) is 15.8. The first-order valence-electron chi connectivity index (χ1n) is 9.19. The summed E-state index contributed by atoms with van der Waals surface area (Å²) in [5.41, 5.74) is 2.01. The molecule has 2 aromatic carbocycles. The Kier molecular flexibility index (Phi) is 11.9. The number of benzene rings is 2. The van der Waals surface area contributed by atoms with Gasteiger partial charge in [-0.25, -0.2) is 0 Å². The number of hydrogen-bond donors (Lipinski definition) is 3. The summed E-state index contributed by atoms with van der Waals surface area (Å²) in [4.78, 5) is 16.6. The molecule has 27 heavy (non-hydrogen) atoms. The van der Waals surface area contributed by atoms with E-state index in [0.29, 0.717) is 18.7 Å². The van der Waals surface area contributed by atoms with Crippen molar-refractivity contribution in [2.45, 2.75) is 19.8 Å². The van der Waals surface area contributed by atoms with Crippen LogP contribution in [0.15, 0.2) is 65.7 Å². The second-order valence-electron chi connectivity index (χ2n) is 5.90. The van der Waals surface area contributed by atoms with Gasteiger partial charge in [0.1, 0.15) is 0 Å². The quantitative estimate of drug-likeness (QED) is 0.224. The fraction of sp³-hybridized carbons (Fsp3) is 0.333. The predicted octanol–water partition coefficient (Wildman–Crippen LogP) is 3.22. The average molecular weight is 480 g/mol. The number of amides is 1. The van der Waals surface area contributed by atoms with Crippen LogP contribution in [0.4, 0.5) is 0 Å². The molecule has 0 aliphatic rings. The number of nitrogens with one attached hydrogen (secondary N) is 3. The van der Waals surface area contributed by atoms with Gasteiger partial charge in [-0.1, -0.05) is 48.5 Å². The molecule has 0 heterocycles. The Morgan fingerprint density at radius 3 is 2.19 bits per heavy atom. The van der Waals surface area contributed by atoms with E-state index in [1.54, 1.807) is 12.1 Å². The minimum absolute atomic E-state index is 0. The number of carbonyl (C=O) groups is 1. The maximum atomic E-state index is 12.0. The molecule has 0 saturated carbocycles. The molecule has 5 nitrogen and oxygen atoms in total. The number of guanidine groups is 1. The van der Waals surface area contributed by atoms with E-state index in [1.165, 1.54) is 5.56 Å². The van der Waals surface area contributed by atoms with Crippen LogP contribution >= 0.6 is 24.0 Å². The molecule has 0 saturated heterocycles. The lowest BCUT2D eigenvalue weighted by molar-refractivity contribution is 0.0954. The molecule has 0 atom stereocenters. The predicted molar refractivity (Wildman–Crippen MR) is 123 cm³/mol. The molecule has 3 N–H and O–H groups in total. The Hall–Kier alpha value is -2.09. The van der Waals surface area contributed by atoms with Gasteiger partial charge in [0.25, 0.3) is 5.91 Å². The second-order valence-corrected chi connectivity index (χ2v) is 5.90. The number of nitrogens with zero attached hydrogens (tertiary/aromatic N) is 1. The summed E-state index contributed by atoms with van der Waals surface area (Å²) in [5.74, 6) is 0.728. The molecule has 0 aliphatic heterocycles. The Morgan fingerprint density at radius 1 is 0.889 bits per heavy atom. The molecule has 2 aromatic rings. The van der Waals surface area contributed by atoms with E-state index < -0.39 is 0 Å². The summed E-state index contributed by atoms with van der Waals surface area (Å²) in [6.45, 7) is 4.78. The van der Waals surface area contributed by atoms with Crippen molar-refractivity contribution in [3.8, 4) is 0 Å². The van der Waals surface area contributed by atoms with Crippen molar-refractivity contribution in [1.82, 2.24) is 16.0 Å². The fourth-order valence-electron chi connectivity index (χ4n) is 2.51. The summed E-state index contributed by atoms with van der Waals surface area (Å²) in [5, 5.41) is 9.38. The first-order valence-corrected chi connectivity index (χ1v) is 9.19. The molecular formula is C21H29IN4O. The van der Waals surface area contributed by atoms with Crippen LogP contribution < -0.4 is 16.0 Å². The third-order valence-electron chi connectivity index (χ3n) is 3.82. The largest absolute Gasteiger partial charge is 0.357 e. The highest BCUT2D eigenvalue weighted by atomic mass is 127. The molecule has 6 heteroatoms. The second kappa shape index (κ2) is 14.0. The number of rotatable bonds is 9. The number of aliphatic imine (C=N–C) groups is 1. The molecule has 2 rings (SSSR count). The SMILES string of the molecule is CCNC(=NCCCc1ccccc1)NCCNC(=O)c1ccccc1.I. The van der Waals surface area contributed by atoms with Gasteiger partial charge in [0.15, 0.2) is 5.96 Å². The first-order chi connectivity index (χ1) is 12.8. The average Bonchev–Trinajstić information content (AvgIpc) is 2.69. The summed E-state index contributed by atoms with van der Waals surface area (Å²) in [6.07, 6.45) is 2.03. The fourth-order valence-corrected chi connectivity index (χ4v) is 2.51. The topological polar surface area (TPSA) is 65.5 Å². The van der Waals surface area contributed by atoms with Crippen LogP contribution in [0.5, 0.6) is 0 Å². The highest BCUT2D eigenvalue weighted by molar-refractivity contribution is 14.0. The minimum Gasteiger partial charge on any atom is -0.357 e. The Labute approximate surface area is 179 Å². The van der Waals surface area contributed by atoms with Crippen molar-refractivity contribution in [2.75, 3.05) is 26.2 Å². The van der Waals surface area contributed by atoms with E-state index in [2.05, 4.69) is 45.2 Å². The minimum atomic E-state index is -0.0581. The molecule has 0 radical (unpaired) electrons. The first kappa shape index (κ1) is 23.0. The van der Waals surface area contributed by atoms with Crippen LogP contribution in [0.3, 0.4) is 0 Å². The lowest BCUT2D eigenvalue weighted by Crippen LogP contribution is -2.41. The summed E-state index contributed by atoms with van der Waals surface area (Å²) < 4.78 is 0. The van der Waals surface area contributed by atoms with E-state index in [9.17, 15) is 4.79 Å². The normalized spacial score (nSPS) is 10.6. The smallest absolute Gasteiger partial charge is 0.251 e. The molecule has 0 spiro atoms. The summed E-state index contributed by atoms with van der Waals surface area (Å²) >= 11 is 0. The van der Waals surface area contributed by atoms with Crippen LogP contribution in [0, 0.1) is 0 Å². The highest BCUT2D eigenvalue weighted by Crippen LogP contribution is 2.02. The van der Waals surface area contributed by atoms with E-state index in [0.717, 1.165) is 31.9 Å². The van der Waals surface area contributed by atoms with Gasteiger partial charge in [-0.3, -0.25) is 9.79 Å². The van der Waals surface area contributed by atoms with Crippen molar-refractivity contribution >= 4 is 35.8 Å². The van der Waals surface area contributed by atoms with E-state index in [4.69, 9.17) is 0 Å². The third-order valence-corrected chi connectivity index (χ3v) is 3.82. The number of hydrogen-bond acceptors (Lipinski definition) is 2. The van der Waals surface area contributed by atoms with Gasteiger partial charge < -0.3 is 16.0 Å². The lowest BCUT2D eigenvalue weighted by Gasteiger charge is -2.12. The Balaban J connectivity index is 0.00000364. The van der Waals surface area contributed by atoms with Crippen molar-refractivity contribution in [3.63, 3.8) is 0 Å². The van der Waals surface area contributed by atoms with Gasteiger partial charge >= 0.3 is 0 Å². The standard InChI is InChI=1S/C21H28N4O.HI/c1-2-22-21(24-15-9-12-18-10-5-3-6-11-18)25-17-16-23-20(26)19-13-7-4-8-14-19;/h3-8,10-11,13-14H,2,9,12,15-17H2,1H3,(H,23,26)(H2,22,24,25);1H. The number of aryl methyl sites for hydroxylation is 1. The third kappa shape index (κ3) is 9.42. The Bertz CT molecular complexity index is 677. The lowest BCUT2D eigenvalue weighted by atomic mass is 10.1. The van der Waals surface area contributed by atoms with Crippen molar-refractivity contribution < 1.29 is 4.79 Å². The Morgan fingerprint density at radius 2 is 1.52 bits per heavy atom. The van der Waals surface area contributed by atoms with Gasteiger partial charge in [0.2, 0.25) is 0 Å². The molecule has 0 bridgehead atoms. The maximum Gasteiger partial charge on any atom is 0.251 e. The molecule has 146 valence electrons. The van der Waals surface area contributed by atoms with Crippen molar-refractivity contribution in [1.29, 1.82) is 0 Å². The van der Waals surface area contributed by atoms with Crippen LogP contribution in [-0.4, -0.2) is 38.0 Å². The molecule has 0 aliphatic carbocycles. The van der Waals surface area contributed by atoms with Crippen LogP contribution in [0.1, 0.15) is 29.3 Å². The zero-order chi connectivity index (χ0) is 18.5. The van der Waals surface area contributed by atoms with Gasteiger partial charge in [-0.05, 0) is 37.5 Å². The molecule has 1 amide bonds. The molecule has 0 unspecified atom stereocenters. The van der Waals surface area contributed by atoms with Crippen molar-refractivity contribution in [3.05, 3.63) is 71.8 Å². The summed E-state index contributed by atoms with van der Waals surface area (Å²) in [6, 6.07) is 19.7. The van der Waals surface area contributed by atoms with Crippen LogP contribution in [0.25, 0.3) is 0 Å². The monoisotopic (exact) mass is 480 g/mol. The van der Waals surface area contributed by atoms with Crippen molar-refractivity contribution in [2.24, 2.45) is 4.99 Å². The van der Waals surface area contributed by atoms with Gasteiger partial charge in [-0.2, -0.15) is 0 Å². The van der Waals surface area contributed by atoms with E-state index in [-0.39, 0.29) is 29.9 Å². The van der Waals surface area contributed by atoms with Gasteiger partial charge in [0, 0.05) is 31.7 Å². The van der Waals surface area contributed by atoms with Crippen LogP contribution in [0.2, 0.25) is 0 Å². The maximum absolute atomic E-state index is 12.0. The van der Waals surface area contributed by atoms with E-state index in [1.807, 2.05) is 31.2 Å². The molecular weight excluding hydrogens is 451 g/mol. The highest BCUT2D eigenvalue weighted by Gasteiger charge is 2.03.